The van der Waals surface area contributed by atoms with E-state index in [-0.39, 0.29) is 5.25 Å². The van der Waals surface area contributed by atoms with Gasteiger partial charge in [0.25, 0.3) is 0 Å². The smallest absolute Gasteiger partial charge is 0.0397 e. The van der Waals surface area contributed by atoms with Crippen LogP contribution in [0.15, 0.2) is 93.5 Å². The standard InChI is InChI=1S/C21H18OS2/c1-24(22)20-13-7-5-9-16(20)15-19(18-12-6-8-14-21(18)24)23-17-10-3-2-4-11-17/h2-14,19H,1,15H2. The monoisotopic (exact) mass is 350 g/mol. The molecule has 1 nitrogen and oxygen atoms in total. The minimum Gasteiger partial charge on any atom is -0.258 e. The first kappa shape index (κ1) is 15.6. The van der Waals surface area contributed by atoms with Crippen molar-refractivity contribution in [3.05, 3.63) is 90.0 Å². The average molecular weight is 351 g/mol. The van der Waals surface area contributed by atoms with Crippen molar-refractivity contribution >= 4 is 27.2 Å². The third-order valence-electron chi connectivity index (χ3n) is 4.38. The topological polar surface area (TPSA) is 17.1 Å². The van der Waals surface area contributed by atoms with Crippen LogP contribution in [0.3, 0.4) is 0 Å². The number of rotatable bonds is 2. The van der Waals surface area contributed by atoms with Crippen LogP contribution in [0.1, 0.15) is 16.4 Å². The molecule has 0 aliphatic carbocycles. The summed E-state index contributed by atoms with van der Waals surface area (Å²) in [6, 6.07) is 26.5. The minimum absolute atomic E-state index is 0.231. The van der Waals surface area contributed by atoms with Gasteiger partial charge in [-0.05, 0) is 47.7 Å². The molecule has 24 heavy (non-hydrogen) atoms. The van der Waals surface area contributed by atoms with Crippen molar-refractivity contribution in [2.75, 3.05) is 0 Å². The fourth-order valence-electron chi connectivity index (χ4n) is 3.24. The van der Waals surface area contributed by atoms with E-state index in [0.717, 1.165) is 27.3 Å². The number of thioether (sulfide) groups is 1. The highest BCUT2D eigenvalue weighted by molar-refractivity contribution is 8.01. The Balaban J connectivity index is 1.90. The molecule has 1 heterocycles. The molecule has 0 saturated carbocycles. The molecule has 0 N–H and O–H groups in total. The van der Waals surface area contributed by atoms with Gasteiger partial charge >= 0.3 is 0 Å². The van der Waals surface area contributed by atoms with Gasteiger partial charge in [0.15, 0.2) is 0 Å². The summed E-state index contributed by atoms with van der Waals surface area (Å²) < 4.78 is 13.5. The van der Waals surface area contributed by atoms with Crippen molar-refractivity contribution in [2.24, 2.45) is 0 Å². The van der Waals surface area contributed by atoms with Gasteiger partial charge in [-0.2, -0.15) is 0 Å². The molecule has 0 spiro atoms. The lowest BCUT2D eigenvalue weighted by atomic mass is 10.0. The summed E-state index contributed by atoms with van der Waals surface area (Å²) in [4.78, 5) is 2.99. The molecule has 0 radical (unpaired) electrons. The van der Waals surface area contributed by atoms with Crippen molar-refractivity contribution < 1.29 is 4.21 Å². The zero-order valence-corrected chi connectivity index (χ0v) is 14.9. The summed E-state index contributed by atoms with van der Waals surface area (Å²) in [5.74, 6) is 4.13. The van der Waals surface area contributed by atoms with Gasteiger partial charge in [0, 0.05) is 29.5 Å². The molecule has 0 aromatic heterocycles. The second kappa shape index (κ2) is 6.15. The molecular weight excluding hydrogens is 332 g/mol. The molecule has 0 amide bonds. The SMILES string of the molecule is C=S1(=O)c2ccccc2CC(Sc2ccccc2)c2ccccc21. The predicted molar refractivity (Wildman–Crippen MR) is 103 cm³/mol. The van der Waals surface area contributed by atoms with Gasteiger partial charge in [0.05, 0.1) is 0 Å². The summed E-state index contributed by atoms with van der Waals surface area (Å²) in [5.41, 5.74) is 2.28. The highest BCUT2D eigenvalue weighted by Gasteiger charge is 2.28. The zero-order valence-electron chi connectivity index (χ0n) is 13.2. The van der Waals surface area contributed by atoms with Gasteiger partial charge < -0.3 is 0 Å². The first-order chi connectivity index (χ1) is 11.7. The van der Waals surface area contributed by atoms with E-state index in [9.17, 15) is 4.21 Å². The lowest BCUT2D eigenvalue weighted by molar-refractivity contribution is 0.680. The van der Waals surface area contributed by atoms with E-state index < -0.39 is 9.52 Å². The van der Waals surface area contributed by atoms with E-state index in [1.165, 1.54) is 4.90 Å². The van der Waals surface area contributed by atoms with Crippen LogP contribution < -0.4 is 0 Å². The Morgan fingerprint density at radius 1 is 0.833 bits per heavy atom. The molecule has 1 aliphatic rings. The fourth-order valence-corrected chi connectivity index (χ4v) is 6.55. The summed E-state index contributed by atoms with van der Waals surface area (Å²) in [7, 11) is -2.48. The minimum atomic E-state index is -2.48. The van der Waals surface area contributed by atoms with Gasteiger partial charge in [0.2, 0.25) is 0 Å². The maximum Gasteiger partial charge on any atom is 0.0397 e. The normalized spacial score (nSPS) is 22.2. The summed E-state index contributed by atoms with van der Waals surface area (Å²) >= 11 is 1.83. The lowest BCUT2D eigenvalue weighted by Gasteiger charge is -2.17. The maximum atomic E-state index is 13.5. The molecule has 3 aromatic carbocycles. The van der Waals surface area contributed by atoms with E-state index in [4.69, 9.17) is 0 Å². The molecule has 0 saturated heterocycles. The van der Waals surface area contributed by atoms with Crippen molar-refractivity contribution in [1.29, 1.82) is 0 Å². The Hall–Kier alpha value is -1.97. The molecule has 3 aromatic rings. The van der Waals surface area contributed by atoms with Crippen molar-refractivity contribution in [1.82, 2.24) is 0 Å². The van der Waals surface area contributed by atoms with Crippen LogP contribution in [0, 0.1) is 0 Å². The van der Waals surface area contributed by atoms with E-state index >= 15 is 0 Å². The molecule has 120 valence electrons. The van der Waals surface area contributed by atoms with E-state index in [0.29, 0.717) is 0 Å². The molecule has 2 atom stereocenters. The van der Waals surface area contributed by atoms with Crippen molar-refractivity contribution in [3.63, 3.8) is 0 Å². The molecule has 0 bridgehead atoms. The van der Waals surface area contributed by atoms with E-state index in [1.54, 1.807) is 0 Å². The van der Waals surface area contributed by atoms with Gasteiger partial charge in [-0.3, -0.25) is 4.21 Å². The van der Waals surface area contributed by atoms with Crippen LogP contribution >= 0.6 is 11.8 Å². The zero-order chi connectivity index (χ0) is 16.6. The third kappa shape index (κ3) is 2.68. The van der Waals surface area contributed by atoms with Crippen LogP contribution in [0.5, 0.6) is 0 Å². The molecule has 2 unspecified atom stereocenters. The number of fused-ring (bicyclic) bond motifs is 2. The highest BCUT2D eigenvalue weighted by Crippen LogP contribution is 2.44. The Bertz CT molecular complexity index is 975. The number of hydrogen-bond acceptors (Lipinski definition) is 2. The van der Waals surface area contributed by atoms with Crippen LogP contribution in [0.2, 0.25) is 0 Å². The lowest BCUT2D eigenvalue weighted by Crippen LogP contribution is -2.04. The van der Waals surface area contributed by atoms with Gasteiger partial charge in [-0.1, -0.05) is 54.6 Å². The van der Waals surface area contributed by atoms with E-state index in [2.05, 4.69) is 42.3 Å². The highest BCUT2D eigenvalue weighted by atomic mass is 32.2. The first-order valence-electron chi connectivity index (χ1n) is 7.92. The van der Waals surface area contributed by atoms with Crippen molar-refractivity contribution in [2.45, 2.75) is 26.4 Å². The molecule has 4 rings (SSSR count). The Morgan fingerprint density at radius 2 is 1.46 bits per heavy atom. The fraction of sp³-hybridized carbons (Fsp3) is 0.0952. The van der Waals surface area contributed by atoms with Crippen LogP contribution in [-0.2, 0) is 15.9 Å². The third-order valence-corrected chi connectivity index (χ3v) is 7.82. The maximum absolute atomic E-state index is 13.5. The molecular formula is C21H18OS2. The Labute approximate surface area is 147 Å². The second-order valence-corrected chi connectivity index (χ2v) is 9.45. The second-order valence-electron chi connectivity index (χ2n) is 5.94. The van der Waals surface area contributed by atoms with Gasteiger partial charge in [0.1, 0.15) is 0 Å². The van der Waals surface area contributed by atoms with Crippen LogP contribution in [0.25, 0.3) is 0 Å². The largest absolute Gasteiger partial charge is 0.258 e. The van der Waals surface area contributed by atoms with Crippen LogP contribution in [-0.4, -0.2) is 10.1 Å². The van der Waals surface area contributed by atoms with Crippen molar-refractivity contribution in [3.8, 4) is 0 Å². The van der Waals surface area contributed by atoms with Crippen LogP contribution in [0.4, 0.5) is 0 Å². The summed E-state index contributed by atoms with van der Waals surface area (Å²) in [6.07, 6.45) is 0.860. The number of benzene rings is 3. The van der Waals surface area contributed by atoms with E-state index in [1.807, 2.05) is 54.2 Å². The quantitative estimate of drug-likeness (QED) is 0.590. The molecule has 3 heteroatoms. The Morgan fingerprint density at radius 3 is 2.25 bits per heavy atom. The number of hydrogen-bond donors (Lipinski definition) is 0. The molecule has 1 aliphatic heterocycles. The summed E-state index contributed by atoms with van der Waals surface area (Å²) in [5, 5.41) is 0.231. The predicted octanol–water partition coefficient (Wildman–Crippen LogP) is 5.21. The van der Waals surface area contributed by atoms with Gasteiger partial charge in [-0.15, -0.1) is 11.8 Å². The Kier molecular flexibility index (Phi) is 3.99. The average Bonchev–Trinajstić information content (AvgIpc) is 2.70. The first-order valence-corrected chi connectivity index (χ1v) is 10.5. The van der Waals surface area contributed by atoms with Gasteiger partial charge in [-0.25, -0.2) is 0 Å². The summed E-state index contributed by atoms with van der Waals surface area (Å²) in [6.45, 7) is 0. The molecule has 0 fully saturated rings.